The van der Waals surface area contributed by atoms with Crippen LogP contribution in [0.1, 0.15) is 31.0 Å². The molecule has 0 saturated carbocycles. The summed E-state index contributed by atoms with van der Waals surface area (Å²) >= 11 is 0. The molecule has 2 heteroatoms. The van der Waals surface area contributed by atoms with Gasteiger partial charge >= 0.3 is 0 Å². The van der Waals surface area contributed by atoms with Crippen LogP contribution >= 0.6 is 0 Å². The molecular weight excluding hydrogens is 186 g/mol. The van der Waals surface area contributed by atoms with E-state index in [4.69, 9.17) is 0 Å². The summed E-state index contributed by atoms with van der Waals surface area (Å²) in [6, 6.07) is 4.17. The van der Waals surface area contributed by atoms with Gasteiger partial charge in [-0.3, -0.25) is 9.78 Å². The molecule has 0 amide bonds. The zero-order valence-corrected chi connectivity index (χ0v) is 8.99. The summed E-state index contributed by atoms with van der Waals surface area (Å²) in [4.78, 5) is 15.4. The minimum absolute atomic E-state index is 0.259. The summed E-state index contributed by atoms with van der Waals surface area (Å²) in [5, 5.41) is 0. The van der Waals surface area contributed by atoms with Crippen LogP contribution in [0.4, 0.5) is 0 Å². The van der Waals surface area contributed by atoms with Gasteiger partial charge in [0.05, 0.1) is 0 Å². The van der Waals surface area contributed by atoms with Crippen LogP contribution in [0.25, 0.3) is 0 Å². The van der Waals surface area contributed by atoms with Crippen LogP contribution in [-0.2, 0) is 17.6 Å². The van der Waals surface area contributed by atoms with Gasteiger partial charge in [0.2, 0.25) is 0 Å². The maximum atomic E-state index is 11.0. The third kappa shape index (κ3) is 2.52. The zero-order valence-electron chi connectivity index (χ0n) is 8.99. The second-order valence-electron chi connectivity index (χ2n) is 3.96. The van der Waals surface area contributed by atoms with Gasteiger partial charge in [0.15, 0.2) is 5.78 Å². The van der Waals surface area contributed by atoms with Gasteiger partial charge in [-0.15, -0.1) is 0 Å². The van der Waals surface area contributed by atoms with E-state index in [2.05, 4.69) is 24.0 Å². The standard InChI is InChI=1S/C13H15NO/c1-2-10-3-5-12(14-9-10)7-11-4-6-13(15)8-11/h3,5,8-9H,2,4,6-7H2,1H3. The predicted octanol–water partition coefficient (Wildman–Crippen LogP) is 2.48. The topological polar surface area (TPSA) is 30.0 Å². The highest BCUT2D eigenvalue weighted by Gasteiger charge is 2.12. The Morgan fingerprint density at radius 1 is 1.33 bits per heavy atom. The first kappa shape index (κ1) is 10.1. The number of pyridine rings is 1. The van der Waals surface area contributed by atoms with Crippen LogP contribution in [0, 0.1) is 0 Å². The van der Waals surface area contributed by atoms with Crippen LogP contribution in [0.5, 0.6) is 0 Å². The van der Waals surface area contributed by atoms with E-state index < -0.39 is 0 Å². The van der Waals surface area contributed by atoms with Crippen molar-refractivity contribution >= 4 is 5.78 Å². The van der Waals surface area contributed by atoms with Crippen molar-refractivity contribution < 1.29 is 4.79 Å². The van der Waals surface area contributed by atoms with Crippen molar-refractivity contribution in [3.63, 3.8) is 0 Å². The van der Waals surface area contributed by atoms with E-state index in [-0.39, 0.29) is 5.78 Å². The molecule has 2 rings (SSSR count). The number of rotatable bonds is 3. The number of hydrogen-bond acceptors (Lipinski definition) is 2. The second-order valence-corrected chi connectivity index (χ2v) is 3.96. The molecule has 0 bridgehead atoms. The zero-order chi connectivity index (χ0) is 10.7. The molecular formula is C13H15NO. The Hall–Kier alpha value is -1.44. The lowest BCUT2D eigenvalue weighted by atomic mass is 10.1. The molecule has 0 radical (unpaired) electrons. The third-order valence-electron chi connectivity index (χ3n) is 2.76. The second kappa shape index (κ2) is 4.39. The fraction of sp³-hybridized carbons (Fsp3) is 0.385. The number of allylic oxidation sites excluding steroid dienone is 2. The first-order valence-electron chi connectivity index (χ1n) is 5.44. The lowest BCUT2D eigenvalue weighted by molar-refractivity contribution is -0.114. The van der Waals surface area contributed by atoms with E-state index in [0.717, 1.165) is 25.0 Å². The maximum absolute atomic E-state index is 11.0. The Balaban J connectivity index is 2.05. The molecule has 0 saturated heterocycles. The highest BCUT2D eigenvalue weighted by Crippen LogP contribution is 2.18. The fourth-order valence-electron chi connectivity index (χ4n) is 1.80. The van der Waals surface area contributed by atoms with Crippen LogP contribution in [0.15, 0.2) is 30.0 Å². The van der Waals surface area contributed by atoms with E-state index in [1.807, 2.05) is 6.20 Å². The number of aryl methyl sites for hydroxylation is 1. The maximum Gasteiger partial charge on any atom is 0.155 e. The van der Waals surface area contributed by atoms with Crippen molar-refractivity contribution in [3.8, 4) is 0 Å². The summed E-state index contributed by atoms with van der Waals surface area (Å²) in [7, 11) is 0. The molecule has 0 aliphatic heterocycles. The number of hydrogen-bond donors (Lipinski definition) is 0. The smallest absolute Gasteiger partial charge is 0.155 e. The van der Waals surface area contributed by atoms with Gasteiger partial charge in [-0.05, 0) is 30.5 Å². The quantitative estimate of drug-likeness (QED) is 0.752. The number of nitrogens with zero attached hydrogens (tertiary/aromatic N) is 1. The Morgan fingerprint density at radius 3 is 2.73 bits per heavy atom. The summed E-state index contributed by atoms with van der Waals surface area (Å²) in [5.74, 6) is 0.259. The van der Waals surface area contributed by atoms with Gasteiger partial charge in [-0.2, -0.15) is 0 Å². The van der Waals surface area contributed by atoms with Crippen molar-refractivity contribution in [2.24, 2.45) is 0 Å². The van der Waals surface area contributed by atoms with Crippen molar-refractivity contribution in [1.82, 2.24) is 4.98 Å². The fourth-order valence-corrected chi connectivity index (χ4v) is 1.80. The summed E-state index contributed by atoms with van der Waals surface area (Å²) in [5.41, 5.74) is 3.54. The number of ketones is 1. The van der Waals surface area contributed by atoms with Crippen LogP contribution in [0.3, 0.4) is 0 Å². The minimum atomic E-state index is 0.259. The normalized spacial score (nSPS) is 15.5. The molecule has 1 aromatic heterocycles. The highest BCUT2D eigenvalue weighted by molar-refractivity contribution is 5.93. The van der Waals surface area contributed by atoms with Gasteiger partial charge in [-0.1, -0.05) is 18.6 Å². The highest BCUT2D eigenvalue weighted by atomic mass is 16.1. The van der Waals surface area contributed by atoms with Crippen LogP contribution < -0.4 is 0 Å². The van der Waals surface area contributed by atoms with Crippen molar-refractivity contribution in [2.75, 3.05) is 0 Å². The van der Waals surface area contributed by atoms with E-state index in [1.54, 1.807) is 6.08 Å². The minimum Gasteiger partial charge on any atom is -0.295 e. The molecule has 1 heterocycles. The summed E-state index contributed by atoms with van der Waals surface area (Å²) in [6.07, 6.45) is 7.14. The number of aromatic nitrogens is 1. The first-order valence-corrected chi connectivity index (χ1v) is 5.44. The van der Waals surface area contributed by atoms with E-state index >= 15 is 0 Å². The van der Waals surface area contributed by atoms with E-state index in [1.165, 1.54) is 11.1 Å². The predicted molar refractivity (Wildman–Crippen MR) is 59.6 cm³/mol. The molecule has 0 spiro atoms. The lowest BCUT2D eigenvalue weighted by Gasteiger charge is -2.02. The molecule has 0 unspecified atom stereocenters. The lowest BCUT2D eigenvalue weighted by Crippen LogP contribution is -1.93. The van der Waals surface area contributed by atoms with Gasteiger partial charge in [0, 0.05) is 24.7 Å². The first-order chi connectivity index (χ1) is 7.28. The Bertz CT molecular complexity index is 390. The average Bonchev–Trinajstić information content (AvgIpc) is 2.65. The van der Waals surface area contributed by atoms with Crippen molar-refractivity contribution in [2.45, 2.75) is 32.6 Å². The Labute approximate surface area is 90.0 Å². The molecule has 2 nitrogen and oxygen atoms in total. The van der Waals surface area contributed by atoms with Gasteiger partial charge in [-0.25, -0.2) is 0 Å². The molecule has 1 aromatic rings. The van der Waals surface area contributed by atoms with Gasteiger partial charge in [0.1, 0.15) is 0 Å². The average molecular weight is 201 g/mol. The molecule has 0 N–H and O–H groups in total. The Morgan fingerprint density at radius 2 is 2.20 bits per heavy atom. The van der Waals surface area contributed by atoms with E-state index in [0.29, 0.717) is 6.42 Å². The number of carbonyl (C=O) groups is 1. The summed E-state index contributed by atoms with van der Waals surface area (Å²) < 4.78 is 0. The molecule has 1 aliphatic rings. The van der Waals surface area contributed by atoms with Crippen LogP contribution in [-0.4, -0.2) is 10.8 Å². The number of carbonyl (C=O) groups excluding carboxylic acids is 1. The molecule has 78 valence electrons. The Kier molecular flexibility index (Phi) is 2.95. The largest absolute Gasteiger partial charge is 0.295 e. The van der Waals surface area contributed by atoms with Crippen molar-refractivity contribution in [1.29, 1.82) is 0 Å². The molecule has 15 heavy (non-hydrogen) atoms. The van der Waals surface area contributed by atoms with Gasteiger partial charge in [0.25, 0.3) is 0 Å². The van der Waals surface area contributed by atoms with Crippen molar-refractivity contribution in [3.05, 3.63) is 41.2 Å². The van der Waals surface area contributed by atoms with Gasteiger partial charge < -0.3 is 0 Å². The summed E-state index contributed by atoms with van der Waals surface area (Å²) in [6.45, 7) is 2.12. The molecule has 0 aromatic carbocycles. The molecule has 0 fully saturated rings. The monoisotopic (exact) mass is 201 g/mol. The molecule has 1 aliphatic carbocycles. The third-order valence-corrected chi connectivity index (χ3v) is 2.76. The molecule has 0 atom stereocenters. The van der Waals surface area contributed by atoms with Crippen LogP contribution in [0.2, 0.25) is 0 Å². The SMILES string of the molecule is CCc1ccc(CC2=CC(=O)CC2)nc1. The van der Waals surface area contributed by atoms with E-state index in [9.17, 15) is 4.79 Å².